The lowest BCUT2D eigenvalue weighted by molar-refractivity contribution is -0.0105. The molecule has 0 atom stereocenters. The van der Waals surface area contributed by atoms with Crippen LogP contribution in [0, 0.1) is 5.41 Å². The highest BCUT2D eigenvalue weighted by atomic mass is 16.2. The third-order valence-electron chi connectivity index (χ3n) is 2.55. The number of urea groups is 1. The maximum Gasteiger partial charge on any atom is 0.317 e. The average molecular weight is 155 g/mol. The first-order valence-corrected chi connectivity index (χ1v) is 3.93. The summed E-state index contributed by atoms with van der Waals surface area (Å²) in [6, 6.07) is 0.0579. The van der Waals surface area contributed by atoms with Crippen molar-refractivity contribution in [1.82, 2.24) is 15.5 Å². The molecule has 11 heavy (non-hydrogen) atoms. The average Bonchev–Trinajstić information content (AvgIpc) is 1.81. The molecule has 2 N–H and O–H groups in total. The third-order valence-corrected chi connectivity index (χ3v) is 2.55. The number of nitrogens with zero attached hydrogens (tertiary/aromatic N) is 1. The Morgan fingerprint density at radius 3 is 2.55 bits per heavy atom. The molecule has 2 aliphatic rings. The number of carbonyl (C=O) groups excluding carboxylic acids is 1. The van der Waals surface area contributed by atoms with Crippen LogP contribution >= 0.6 is 0 Å². The molecular weight excluding hydrogens is 142 g/mol. The summed E-state index contributed by atoms with van der Waals surface area (Å²) in [4.78, 5) is 12.9. The molecule has 1 spiro atoms. The van der Waals surface area contributed by atoms with Gasteiger partial charge >= 0.3 is 6.03 Å². The van der Waals surface area contributed by atoms with Gasteiger partial charge < -0.3 is 15.5 Å². The molecule has 2 amide bonds. The number of rotatable bonds is 0. The van der Waals surface area contributed by atoms with Crippen LogP contribution in [0.4, 0.5) is 4.79 Å². The number of nitrogens with one attached hydrogen (secondary N) is 2. The molecule has 0 aromatic rings. The number of hydrogen-bond acceptors (Lipinski definition) is 2. The van der Waals surface area contributed by atoms with Crippen LogP contribution in [0.2, 0.25) is 0 Å². The number of likely N-dealkylation sites (tertiary alicyclic amines) is 1. The van der Waals surface area contributed by atoms with Gasteiger partial charge in [-0.15, -0.1) is 0 Å². The van der Waals surface area contributed by atoms with Crippen molar-refractivity contribution in [3.63, 3.8) is 0 Å². The van der Waals surface area contributed by atoms with Gasteiger partial charge in [-0.05, 0) is 0 Å². The molecular formula is C7H13N3O. The first-order chi connectivity index (χ1) is 5.26. The fraction of sp³-hybridized carbons (Fsp3) is 0.857. The topological polar surface area (TPSA) is 44.4 Å². The second kappa shape index (κ2) is 2.11. The lowest BCUT2D eigenvalue weighted by Gasteiger charge is -2.55. The van der Waals surface area contributed by atoms with Gasteiger partial charge in [0.2, 0.25) is 0 Å². The Hall–Kier alpha value is -0.770. The smallest absolute Gasteiger partial charge is 0.317 e. The fourth-order valence-electron chi connectivity index (χ4n) is 1.77. The minimum atomic E-state index is 0.0579. The second-order valence-electron chi connectivity index (χ2n) is 3.51. The Morgan fingerprint density at radius 1 is 1.55 bits per heavy atom. The van der Waals surface area contributed by atoms with Crippen LogP contribution in [-0.4, -0.2) is 44.2 Å². The largest absolute Gasteiger partial charge is 0.341 e. The van der Waals surface area contributed by atoms with Crippen molar-refractivity contribution in [2.75, 3.05) is 33.2 Å². The quantitative estimate of drug-likeness (QED) is 0.482. The van der Waals surface area contributed by atoms with Gasteiger partial charge in [0.1, 0.15) is 0 Å². The highest BCUT2D eigenvalue weighted by Gasteiger charge is 2.48. The molecule has 2 fully saturated rings. The fourth-order valence-corrected chi connectivity index (χ4v) is 1.77. The van der Waals surface area contributed by atoms with Gasteiger partial charge in [0.25, 0.3) is 0 Å². The lowest BCUT2D eigenvalue weighted by Crippen LogP contribution is -2.72. The van der Waals surface area contributed by atoms with E-state index in [0.717, 1.165) is 26.2 Å². The van der Waals surface area contributed by atoms with E-state index in [1.165, 1.54) is 0 Å². The van der Waals surface area contributed by atoms with Crippen molar-refractivity contribution in [1.29, 1.82) is 0 Å². The number of carbonyl (C=O) groups is 1. The molecule has 0 aromatic heterocycles. The van der Waals surface area contributed by atoms with E-state index in [1.54, 1.807) is 7.05 Å². The first kappa shape index (κ1) is 6.91. The van der Waals surface area contributed by atoms with Crippen LogP contribution in [0.1, 0.15) is 0 Å². The molecule has 2 aliphatic heterocycles. The van der Waals surface area contributed by atoms with Crippen molar-refractivity contribution < 1.29 is 4.79 Å². The van der Waals surface area contributed by atoms with Crippen LogP contribution in [0.15, 0.2) is 0 Å². The normalized spacial score (nSPS) is 25.7. The Bertz CT molecular complexity index is 180. The Morgan fingerprint density at radius 2 is 2.18 bits per heavy atom. The predicted molar refractivity (Wildman–Crippen MR) is 41.3 cm³/mol. The van der Waals surface area contributed by atoms with E-state index >= 15 is 0 Å². The van der Waals surface area contributed by atoms with Crippen molar-refractivity contribution in [2.45, 2.75) is 0 Å². The highest BCUT2D eigenvalue weighted by Crippen LogP contribution is 2.33. The molecule has 0 aliphatic carbocycles. The van der Waals surface area contributed by atoms with Gasteiger partial charge in [-0.3, -0.25) is 0 Å². The van der Waals surface area contributed by atoms with Gasteiger partial charge in [-0.2, -0.15) is 0 Å². The summed E-state index contributed by atoms with van der Waals surface area (Å²) in [5.74, 6) is 0. The van der Waals surface area contributed by atoms with E-state index in [0.29, 0.717) is 5.41 Å². The highest BCUT2D eigenvalue weighted by molar-refractivity contribution is 5.75. The Kier molecular flexibility index (Phi) is 1.32. The van der Waals surface area contributed by atoms with E-state index < -0.39 is 0 Å². The van der Waals surface area contributed by atoms with Gasteiger partial charge in [0.05, 0.1) is 0 Å². The SMILES string of the molecule is CNC(=O)N1CC2(CNC2)C1. The molecule has 0 bridgehead atoms. The minimum absolute atomic E-state index is 0.0579. The first-order valence-electron chi connectivity index (χ1n) is 3.93. The second-order valence-corrected chi connectivity index (χ2v) is 3.51. The van der Waals surface area contributed by atoms with E-state index in [9.17, 15) is 4.79 Å². The zero-order valence-corrected chi connectivity index (χ0v) is 6.68. The van der Waals surface area contributed by atoms with Crippen LogP contribution in [-0.2, 0) is 0 Å². The van der Waals surface area contributed by atoms with Crippen molar-refractivity contribution in [3.8, 4) is 0 Å². The van der Waals surface area contributed by atoms with Crippen LogP contribution < -0.4 is 10.6 Å². The summed E-state index contributed by atoms with van der Waals surface area (Å²) in [6.07, 6.45) is 0. The van der Waals surface area contributed by atoms with E-state index in [-0.39, 0.29) is 6.03 Å². The lowest BCUT2D eigenvalue weighted by atomic mass is 9.75. The van der Waals surface area contributed by atoms with E-state index in [4.69, 9.17) is 0 Å². The maximum atomic E-state index is 11.0. The van der Waals surface area contributed by atoms with Gasteiger partial charge in [-0.1, -0.05) is 0 Å². The summed E-state index contributed by atoms with van der Waals surface area (Å²) in [6.45, 7) is 4.03. The number of hydrogen-bond donors (Lipinski definition) is 2. The van der Waals surface area contributed by atoms with Crippen LogP contribution in [0.25, 0.3) is 0 Å². The van der Waals surface area contributed by atoms with Crippen molar-refractivity contribution in [2.24, 2.45) is 5.41 Å². The molecule has 4 heteroatoms. The zero-order chi connectivity index (χ0) is 7.90. The summed E-state index contributed by atoms with van der Waals surface area (Å²) in [7, 11) is 1.67. The molecule has 2 saturated heterocycles. The maximum absolute atomic E-state index is 11.0. The van der Waals surface area contributed by atoms with Gasteiger partial charge in [0.15, 0.2) is 0 Å². The Balaban J connectivity index is 1.83. The molecule has 2 heterocycles. The van der Waals surface area contributed by atoms with E-state index in [2.05, 4.69) is 10.6 Å². The monoisotopic (exact) mass is 155 g/mol. The molecule has 0 saturated carbocycles. The van der Waals surface area contributed by atoms with Crippen LogP contribution in [0.3, 0.4) is 0 Å². The summed E-state index contributed by atoms with van der Waals surface area (Å²) < 4.78 is 0. The van der Waals surface area contributed by atoms with E-state index in [1.807, 2.05) is 4.90 Å². The molecule has 0 aromatic carbocycles. The summed E-state index contributed by atoms with van der Waals surface area (Å²) in [5.41, 5.74) is 0.451. The minimum Gasteiger partial charge on any atom is -0.341 e. The van der Waals surface area contributed by atoms with Crippen molar-refractivity contribution in [3.05, 3.63) is 0 Å². The predicted octanol–water partition coefficient (Wildman–Crippen LogP) is -0.769. The molecule has 2 rings (SSSR count). The molecule has 0 radical (unpaired) electrons. The van der Waals surface area contributed by atoms with Crippen LogP contribution in [0.5, 0.6) is 0 Å². The summed E-state index contributed by atoms with van der Waals surface area (Å²) >= 11 is 0. The Labute approximate surface area is 65.9 Å². The molecule has 4 nitrogen and oxygen atoms in total. The molecule has 0 unspecified atom stereocenters. The molecule has 62 valence electrons. The third kappa shape index (κ3) is 0.894. The van der Waals surface area contributed by atoms with Crippen molar-refractivity contribution >= 4 is 6.03 Å². The van der Waals surface area contributed by atoms with Gasteiger partial charge in [0, 0.05) is 38.6 Å². The zero-order valence-electron chi connectivity index (χ0n) is 6.68. The standard InChI is InChI=1S/C7H13N3O/c1-8-6(11)10-4-7(5-10)2-9-3-7/h9H,2-5H2,1H3,(H,8,11). The van der Waals surface area contributed by atoms with Gasteiger partial charge in [-0.25, -0.2) is 4.79 Å². The summed E-state index contributed by atoms with van der Waals surface area (Å²) in [5, 5.41) is 5.84. The number of amides is 2.